The fourth-order valence-corrected chi connectivity index (χ4v) is 3.26. The van der Waals surface area contributed by atoms with Gasteiger partial charge in [0.1, 0.15) is 0 Å². The van der Waals surface area contributed by atoms with Crippen LogP contribution in [-0.2, 0) is 14.3 Å². The molecule has 0 saturated carbocycles. The van der Waals surface area contributed by atoms with Crippen molar-refractivity contribution in [1.82, 2.24) is 0 Å². The first-order chi connectivity index (χ1) is 12.2. The Labute approximate surface area is 145 Å². The van der Waals surface area contributed by atoms with Gasteiger partial charge in [-0.25, -0.2) is 4.79 Å². The molecule has 4 rings (SSSR count). The molecule has 0 N–H and O–H groups in total. The van der Waals surface area contributed by atoms with Gasteiger partial charge in [-0.05, 0) is 52.6 Å². The van der Waals surface area contributed by atoms with Gasteiger partial charge in [-0.3, -0.25) is 4.79 Å². The first kappa shape index (κ1) is 15.6. The molecule has 4 heteroatoms. The molecule has 1 atom stereocenters. The molecule has 126 valence electrons. The Morgan fingerprint density at radius 1 is 0.960 bits per heavy atom. The van der Waals surface area contributed by atoms with E-state index in [0.717, 1.165) is 34.4 Å². The minimum absolute atomic E-state index is 0.306. The highest BCUT2D eigenvalue weighted by Gasteiger charge is 2.23. The molecular weight excluding hydrogens is 316 g/mol. The first-order valence-electron chi connectivity index (χ1n) is 8.53. The molecule has 0 bridgehead atoms. The lowest BCUT2D eigenvalue weighted by atomic mass is 10.00. The minimum atomic E-state index is -0.793. The summed E-state index contributed by atoms with van der Waals surface area (Å²) in [6.45, 7) is 0. The zero-order valence-electron chi connectivity index (χ0n) is 13.7. The number of hydrogen-bond acceptors (Lipinski definition) is 4. The van der Waals surface area contributed by atoms with E-state index in [1.54, 1.807) is 6.07 Å². The van der Waals surface area contributed by atoms with Gasteiger partial charge in [0.05, 0.1) is 5.56 Å². The largest absolute Gasteiger partial charge is 0.425 e. The van der Waals surface area contributed by atoms with E-state index in [-0.39, 0.29) is 5.97 Å². The van der Waals surface area contributed by atoms with Crippen molar-refractivity contribution < 1.29 is 19.1 Å². The number of ether oxygens (including phenoxy) is 2. The Morgan fingerprint density at radius 3 is 2.56 bits per heavy atom. The van der Waals surface area contributed by atoms with Crippen LogP contribution in [0.4, 0.5) is 0 Å². The van der Waals surface area contributed by atoms with E-state index >= 15 is 0 Å². The van der Waals surface area contributed by atoms with Crippen molar-refractivity contribution in [3.8, 4) is 0 Å². The Morgan fingerprint density at radius 2 is 1.72 bits per heavy atom. The smallest absolute Gasteiger partial charge is 0.341 e. The molecule has 1 unspecified atom stereocenters. The van der Waals surface area contributed by atoms with E-state index in [0.29, 0.717) is 18.4 Å². The molecule has 0 spiro atoms. The second-order valence-electron chi connectivity index (χ2n) is 6.30. The van der Waals surface area contributed by atoms with Crippen molar-refractivity contribution in [3.63, 3.8) is 0 Å². The van der Waals surface area contributed by atoms with E-state index < -0.39 is 12.3 Å². The minimum Gasteiger partial charge on any atom is -0.425 e. The SMILES string of the molecule is O=C1CCCCC(OC(=O)c2cccc3cc4ccccc4cc23)O1. The quantitative estimate of drug-likeness (QED) is 0.508. The zero-order valence-corrected chi connectivity index (χ0v) is 13.7. The van der Waals surface area contributed by atoms with Crippen LogP contribution in [0.3, 0.4) is 0 Å². The molecule has 1 aliphatic rings. The van der Waals surface area contributed by atoms with Gasteiger partial charge in [-0.2, -0.15) is 0 Å². The van der Waals surface area contributed by atoms with Crippen molar-refractivity contribution in [3.05, 3.63) is 60.2 Å². The topological polar surface area (TPSA) is 52.6 Å². The standard InChI is InChI=1S/C21H18O4/c22-19-10-3-4-11-20(24-19)25-21(23)17-9-5-8-16-12-14-6-1-2-7-15(14)13-18(16)17/h1-2,5-9,12-13,20H,3-4,10-11H2. The maximum atomic E-state index is 12.7. The van der Waals surface area contributed by atoms with Gasteiger partial charge >= 0.3 is 11.9 Å². The molecule has 0 radical (unpaired) electrons. The molecule has 1 saturated heterocycles. The molecule has 0 aromatic heterocycles. The third kappa shape index (κ3) is 3.20. The predicted molar refractivity (Wildman–Crippen MR) is 95.2 cm³/mol. The molecule has 4 nitrogen and oxygen atoms in total. The summed E-state index contributed by atoms with van der Waals surface area (Å²) in [5.41, 5.74) is 0.489. The molecule has 25 heavy (non-hydrogen) atoms. The van der Waals surface area contributed by atoms with Crippen LogP contribution >= 0.6 is 0 Å². The van der Waals surface area contributed by atoms with E-state index in [1.807, 2.05) is 42.5 Å². The normalized spacial score (nSPS) is 17.9. The average Bonchev–Trinajstić information content (AvgIpc) is 2.83. The van der Waals surface area contributed by atoms with Crippen molar-refractivity contribution >= 4 is 33.5 Å². The van der Waals surface area contributed by atoms with Crippen molar-refractivity contribution in [2.24, 2.45) is 0 Å². The Balaban J connectivity index is 1.69. The molecular formula is C21H18O4. The van der Waals surface area contributed by atoms with Gasteiger partial charge in [0.15, 0.2) is 0 Å². The lowest BCUT2D eigenvalue weighted by Crippen LogP contribution is -2.23. The van der Waals surface area contributed by atoms with Gasteiger partial charge in [0, 0.05) is 12.8 Å². The van der Waals surface area contributed by atoms with Crippen molar-refractivity contribution in [2.75, 3.05) is 0 Å². The maximum absolute atomic E-state index is 12.7. The number of rotatable bonds is 2. The Hall–Kier alpha value is -2.88. The molecule has 0 aliphatic carbocycles. The van der Waals surface area contributed by atoms with Crippen molar-refractivity contribution in [2.45, 2.75) is 32.0 Å². The van der Waals surface area contributed by atoms with E-state index in [2.05, 4.69) is 6.07 Å². The van der Waals surface area contributed by atoms with Gasteiger partial charge in [-0.1, -0.05) is 36.4 Å². The third-order valence-electron chi connectivity index (χ3n) is 4.54. The Bertz CT molecular complexity index is 960. The Kier molecular flexibility index (Phi) is 4.10. The van der Waals surface area contributed by atoms with Crippen LogP contribution < -0.4 is 0 Å². The van der Waals surface area contributed by atoms with Crippen LogP contribution in [0.5, 0.6) is 0 Å². The van der Waals surface area contributed by atoms with Crippen LogP contribution in [0, 0.1) is 0 Å². The monoisotopic (exact) mass is 334 g/mol. The summed E-state index contributed by atoms with van der Waals surface area (Å²) in [5.74, 6) is -0.764. The number of benzene rings is 3. The van der Waals surface area contributed by atoms with Crippen LogP contribution in [0.25, 0.3) is 21.5 Å². The summed E-state index contributed by atoms with van der Waals surface area (Å²) in [6, 6.07) is 17.7. The molecule has 1 aliphatic heterocycles. The second kappa shape index (κ2) is 6.55. The van der Waals surface area contributed by atoms with E-state index in [4.69, 9.17) is 9.47 Å². The number of esters is 2. The van der Waals surface area contributed by atoms with Gasteiger partial charge in [-0.15, -0.1) is 0 Å². The first-order valence-corrected chi connectivity index (χ1v) is 8.53. The predicted octanol–water partition coefficient (Wildman–Crippen LogP) is 4.59. The second-order valence-corrected chi connectivity index (χ2v) is 6.30. The summed E-state index contributed by atoms with van der Waals surface area (Å²) >= 11 is 0. The fraction of sp³-hybridized carbons (Fsp3) is 0.238. The molecule has 1 heterocycles. The van der Waals surface area contributed by atoms with Gasteiger partial charge in [0.25, 0.3) is 0 Å². The van der Waals surface area contributed by atoms with Gasteiger partial charge < -0.3 is 9.47 Å². The number of fused-ring (bicyclic) bond motifs is 2. The molecule has 3 aromatic rings. The van der Waals surface area contributed by atoms with Crippen LogP contribution in [0.2, 0.25) is 0 Å². The van der Waals surface area contributed by atoms with Crippen LogP contribution in [0.15, 0.2) is 54.6 Å². The highest BCUT2D eigenvalue weighted by molar-refractivity contribution is 6.09. The summed E-state index contributed by atoms with van der Waals surface area (Å²) in [4.78, 5) is 24.2. The number of carbonyl (C=O) groups excluding carboxylic acids is 2. The van der Waals surface area contributed by atoms with E-state index in [9.17, 15) is 9.59 Å². The highest BCUT2D eigenvalue weighted by Crippen LogP contribution is 2.27. The van der Waals surface area contributed by atoms with Crippen molar-refractivity contribution in [1.29, 1.82) is 0 Å². The lowest BCUT2D eigenvalue weighted by Gasteiger charge is -2.16. The molecule has 1 fully saturated rings. The number of hydrogen-bond donors (Lipinski definition) is 0. The fourth-order valence-electron chi connectivity index (χ4n) is 3.26. The van der Waals surface area contributed by atoms with E-state index in [1.165, 1.54) is 0 Å². The summed E-state index contributed by atoms with van der Waals surface area (Å²) in [7, 11) is 0. The summed E-state index contributed by atoms with van der Waals surface area (Å²) in [6.07, 6.45) is 1.72. The summed E-state index contributed by atoms with van der Waals surface area (Å²) in [5, 5.41) is 4.01. The maximum Gasteiger partial charge on any atom is 0.341 e. The summed E-state index contributed by atoms with van der Waals surface area (Å²) < 4.78 is 10.7. The zero-order chi connectivity index (χ0) is 17.2. The number of carbonyl (C=O) groups is 2. The van der Waals surface area contributed by atoms with Crippen LogP contribution in [0.1, 0.15) is 36.0 Å². The number of cyclic esters (lactones) is 1. The molecule has 0 amide bonds. The molecule has 3 aromatic carbocycles. The average molecular weight is 334 g/mol. The third-order valence-corrected chi connectivity index (χ3v) is 4.54. The van der Waals surface area contributed by atoms with Gasteiger partial charge in [0.2, 0.25) is 6.29 Å². The lowest BCUT2D eigenvalue weighted by molar-refractivity contribution is -0.166. The highest BCUT2D eigenvalue weighted by atomic mass is 16.7. The van der Waals surface area contributed by atoms with Crippen LogP contribution in [-0.4, -0.2) is 18.2 Å².